The molecule has 0 aromatic carbocycles. The lowest BCUT2D eigenvalue weighted by Gasteiger charge is -2.11. The molecular weight excluding hydrogens is 174 g/mol. The minimum Gasteiger partial charge on any atom is -0.330 e. The van der Waals surface area contributed by atoms with Gasteiger partial charge < -0.3 is 5.73 Å². The van der Waals surface area contributed by atoms with Crippen molar-refractivity contribution in [2.75, 3.05) is 6.54 Å². The van der Waals surface area contributed by atoms with Crippen LogP contribution in [0, 0.1) is 5.92 Å². The Morgan fingerprint density at radius 1 is 1.64 bits per heavy atom. The molecule has 0 radical (unpaired) electrons. The number of rotatable bonds is 5. The van der Waals surface area contributed by atoms with Crippen LogP contribution >= 0.6 is 0 Å². The van der Waals surface area contributed by atoms with Gasteiger partial charge in [0.1, 0.15) is 0 Å². The molecule has 0 unspecified atom stereocenters. The van der Waals surface area contributed by atoms with Crippen molar-refractivity contribution >= 4 is 5.57 Å². The van der Waals surface area contributed by atoms with Crippen molar-refractivity contribution in [2.24, 2.45) is 11.7 Å². The van der Waals surface area contributed by atoms with Gasteiger partial charge in [0.05, 0.1) is 5.69 Å². The van der Waals surface area contributed by atoms with Crippen LogP contribution in [-0.2, 0) is 6.54 Å². The SMILES string of the molecule is C=C(CCN)c1ccnn1CC(C)C. The lowest BCUT2D eigenvalue weighted by Crippen LogP contribution is -2.10. The summed E-state index contributed by atoms with van der Waals surface area (Å²) in [5.74, 6) is 0.597. The average molecular weight is 193 g/mol. The summed E-state index contributed by atoms with van der Waals surface area (Å²) < 4.78 is 2.00. The average Bonchev–Trinajstić information content (AvgIpc) is 2.51. The summed E-state index contributed by atoms with van der Waals surface area (Å²) in [6.45, 7) is 9.95. The molecule has 0 saturated heterocycles. The van der Waals surface area contributed by atoms with E-state index in [4.69, 9.17) is 5.73 Å². The Hall–Kier alpha value is -1.09. The topological polar surface area (TPSA) is 43.8 Å². The molecule has 0 aliphatic heterocycles. The predicted molar refractivity (Wildman–Crippen MR) is 59.8 cm³/mol. The van der Waals surface area contributed by atoms with Gasteiger partial charge >= 0.3 is 0 Å². The van der Waals surface area contributed by atoms with E-state index in [0.717, 1.165) is 24.2 Å². The van der Waals surface area contributed by atoms with E-state index in [9.17, 15) is 0 Å². The van der Waals surface area contributed by atoms with Crippen LogP contribution in [-0.4, -0.2) is 16.3 Å². The smallest absolute Gasteiger partial charge is 0.0636 e. The van der Waals surface area contributed by atoms with Gasteiger partial charge in [0, 0.05) is 12.7 Å². The van der Waals surface area contributed by atoms with Crippen molar-refractivity contribution < 1.29 is 0 Å². The summed E-state index contributed by atoms with van der Waals surface area (Å²) >= 11 is 0. The van der Waals surface area contributed by atoms with E-state index in [1.807, 2.05) is 16.9 Å². The van der Waals surface area contributed by atoms with Gasteiger partial charge in [0.2, 0.25) is 0 Å². The molecule has 0 amide bonds. The first kappa shape index (κ1) is 11.0. The third-order valence-electron chi connectivity index (χ3n) is 2.06. The maximum atomic E-state index is 5.50. The van der Waals surface area contributed by atoms with Gasteiger partial charge in [-0.15, -0.1) is 0 Å². The fourth-order valence-corrected chi connectivity index (χ4v) is 1.43. The molecule has 1 aromatic rings. The van der Waals surface area contributed by atoms with Crippen LogP contribution in [0.5, 0.6) is 0 Å². The highest BCUT2D eigenvalue weighted by molar-refractivity contribution is 5.60. The summed E-state index contributed by atoms with van der Waals surface area (Å²) in [4.78, 5) is 0. The normalized spacial score (nSPS) is 10.9. The van der Waals surface area contributed by atoms with E-state index in [1.54, 1.807) is 0 Å². The van der Waals surface area contributed by atoms with Crippen LogP contribution in [0.3, 0.4) is 0 Å². The second-order valence-electron chi connectivity index (χ2n) is 3.93. The third-order valence-corrected chi connectivity index (χ3v) is 2.06. The fourth-order valence-electron chi connectivity index (χ4n) is 1.43. The molecule has 1 aromatic heterocycles. The molecule has 0 saturated carbocycles. The highest BCUT2D eigenvalue weighted by atomic mass is 15.3. The molecule has 0 fully saturated rings. The Bertz CT molecular complexity index is 299. The molecule has 1 heterocycles. The lowest BCUT2D eigenvalue weighted by atomic mass is 10.1. The Morgan fingerprint density at radius 2 is 2.36 bits per heavy atom. The van der Waals surface area contributed by atoms with Gasteiger partial charge in [-0.3, -0.25) is 4.68 Å². The first-order chi connectivity index (χ1) is 6.65. The molecule has 3 heteroatoms. The minimum absolute atomic E-state index is 0.597. The highest BCUT2D eigenvalue weighted by Gasteiger charge is 2.06. The van der Waals surface area contributed by atoms with E-state index in [0.29, 0.717) is 12.5 Å². The van der Waals surface area contributed by atoms with Crippen molar-refractivity contribution in [3.8, 4) is 0 Å². The van der Waals surface area contributed by atoms with Crippen LogP contribution in [0.2, 0.25) is 0 Å². The Kier molecular flexibility index (Phi) is 3.89. The molecule has 3 nitrogen and oxygen atoms in total. The first-order valence-corrected chi connectivity index (χ1v) is 5.05. The molecule has 1 rings (SSSR count). The molecule has 0 atom stereocenters. The highest BCUT2D eigenvalue weighted by Crippen LogP contribution is 2.15. The Morgan fingerprint density at radius 3 is 2.93 bits per heavy atom. The summed E-state index contributed by atoms with van der Waals surface area (Å²) in [5, 5.41) is 4.27. The van der Waals surface area contributed by atoms with Crippen molar-refractivity contribution in [1.82, 2.24) is 9.78 Å². The molecule has 2 N–H and O–H groups in total. The summed E-state index contributed by atoms with van der Waals surface area (Å²) in [7, 11) is 0. The van der Waals surface area contributed by atoms with Crippen LogP contribution < -0.4 is 5.73 Å². The zero-order valence-corrected chi connectivity index (χ0v) is 9.03. The van der Waals surface area contributed by atoms with E-state index in [1.165, 1.54) is 0 Å². The number of nitrogens with zero attached hydrogens (tertiary/aromatic N) is 2. The quantitative estimate of drug-likeness (QED) is 0.776. The van der Waals surface area contributed by atoms with Crippen molar-refractivity contribution in [2.45, 2.75) is 26.8 Å². The van der Waals surface area contributed by atoms with E-state index < -0.39 is 0 Å². The monoisotopic (exact) mass is 193 g/mol. The van der Waals surface area contributed by atoms with Crippen LogP contribution in [0.1, 0.15) is 26.0 Å². The third kappa shape index (κ3) is 2.70. The second kappa shape index (κ2) is 4.96. The van der Waals surface area contributed by atoms with Gasteiger partial charge in [-0.25, -0.2) is 0 Å². The molecule has 78 valence electrons. The second-order valence-corrected chi connectivity index (χ2v) is 3.93. The summed E-state index contributed by atoms with van der Waals surface area (Å²) in [6.07, 6.45) is 2.66. The largest absolute Gasteiger partial charge is 0.330 e. The maximum absolute atomic E-state index is 5.50. The molecule has 0 spiro atoms. The van der Waals surface area contributed by atoms with E-state index in [2.05, 4.69) is 25.5 Å². The van der Waals surface area contributed by atoms with Crippen molar-refractivity contribution in [3.05, 3.63) is 24.5 Å². The van der Waals surface area contributed by atoms with Gasteiger partial charge in [0.15, 0.2) is 0 Å². The van der Waals surface area contributed by atoms with Crippen molar-refractivity contribution in [3.63, 3.8) is 0 Å². The predicted octanol–water partition coefficient (Wildman–Crippen LogP) is 1.90. The number of nitrogens with two attached hydrogens (primary N) is 1. The van der Waals surface area contributed by atoms with Crippen LogP contribution in [0.15, 0.2) is 18.8 Å². The number of aromatic nitrogens is 2. The van der Waals surface area contributed by atoms with Crippen molar-refractivity contribution in [1.29, 1.82) is 0 Å². The summed E-state index contributed by atoms with van der Waals surface area (Å²) in [6, 6.07) is 2.00. The van der Waals surface area contributed by atoms with Crippen LogP contribution in [0.4, 0.5) is 0 Å². The van der Waals surface area contributed by atoms with Gasteiger partial charge in [-0.05, 0) is 30.5 Å². The van der Waals surface area contributed by atoms with E-state index >= 15 is 0 Å². The number of hydrogen-bond acceptors (Lipinski definition) is 2. The Labute approximate surface area is 85.6 Å². The standard InChI is InChI=1S/C11H19N3/c1-9(2)8-14-11(5-7-13-14)10(3)4-6-12/h5,7,9H,3-4,6,8,12H2,1-2H3. The molecule has 0 aliphatic rings. The van der Waals surface area contributed by atoms with Gasteiger partial charge in [-0.2, -0.15) is 5.10 Å². The Balaban J connectivity index is 2.76. The summed E-state index contributed by atoms with van der Waals surface area (Å²) in [5.41, 5.74) is 7.69. The first-order valence-electron chi connectivity index (χ1n) is 5.05. The van der Waals surface area contributed by atoms with Gasteiger partial charge in [0.25, 0.3) is 0 Å². The molecular formula is C11H19N3. The van der Waals surface area contributed by atoms with E-state index in [-0.39, 0.29) is 0 Å². The molecule has 0 bridgehead atoms. The maximum Gasteiger partial charge on any atom is 0.0636 e. The fraction of sp³-hybridized carbons (Fsp3) is 0.545. The van der Waals surface area contributed by atoms with Gasteiger partial charge in [-0.1, -0.05) is 20.4 Å². The lowest BCUT2D eigenvalue weighted by molar-refractivity contribution is 0.479. The van der Waals surface area contributed by atoms with Crippen LogP contribution in [0.25, 0.3) is 5.57 Å². The number of hydrogen-bond donors (Lipinski definition) is 1. The zero-order chi connectivity index (χ0) is 10.6. The molecule has 0 aliphatic carbocycles. The molecule has 14 heavy (non-hydrogen) atoms. The zero-order valence-electron chi connectivity index (χ0n) is 9.03. The minimum atomic E-state index is 0.597.